The van der Waals surface area contributed by atoms with Crippen LogP contribution in [0, 0.1) is 0 Å². The molecule has 0 aliphatic heterocycles. The third-order valence-corrected chi connectivity index (χ3v) is 2.75. The van der Waals surface area contributed by atoms with E-state index < -0.39 is 5.97 Å². The first-order valence-electron chi connectivity index (χ1n) is 4.16. The first-order chi connectivity index (χ1) is 6.59. The molecule has 1 aromatic rings. The molecule has 0 fully saturated rings. The molecule has 0 aromatic carbocycles. The number of carboxylic acids is 1. The number of rotatable bonds is 4. The quantitative estimate of drug-likeness (QED) is 0.787. The van der Waals surface area contributed by atoms with Gasteiger partial charge in [0, 0.05) is 18.3 Å². The highest BCUT2D eigenvalue weighted by atomic mass is 32.1. The number of amides is 1. The summed E-state index contributed by atoms with van der Waals surface area (Å²) in [4.78, 5) is 22.4. The molecule has 76 valence electrons. The number of carboxylic acid groups (broad SMARTS) is 1. The van der Waals surface area contributed by atoms with Crippen LogP contribution in [0.25, 0.3) is 0 Å². The third kappa shape index (κ3) is 3.18. The zero-order valence-electron chi connectivity index (χ0n) is 7.74. The number of hydrogen-bond donors (Lipinski definition) is 2. The van der Waals surface area contributed by atoms with Gasteiger partial charge >= 0.3 is 5.97 Å². The molecule has 0 radical (unpaired) electrons. The minimum Gasteiger partial charge on any atom is -0.477 e. The fraction of sp³-hybridized carbons (Fsp3) is 0.333. The summed E-state index contributed by atoms with van der Waals surface area (Å²) in [6.45, 7) is 2.01. The molecule has 2 N–H and O–H groups in total. The van der Waals surface area contributed by atoms with Gasteiger partial charge in [0.1, 0.15) is 4.88 Å². The molecular weight excluding hydrogens is 202 g/mol. The van der Waals surface area contributed by atoms with Crippen molar-refractivity contribution in [1.29, 1.82) is 0 Å². The molecule has 0 saturated carbocycles. The maximum absolute atomic E-state index is 10.5. The summed E-state index contributed by atoms with van der Waals surface area (Å²) in [5, 5.41) is 11.3. The van der Waals surface area contributed by atoms with Crippen LogP contribution in [-0.2, 0) is 11.2 Å². The van der Waals surface area contributed by atoms with Crippen LogP contribution in [0.5, 0.6) is 0 Å². The van der Waals surface area contributed by atoms with Gasteiger partial charge in [-0.1, -0.05) is 0 Å². The van der Waals surface area contributed by atoms with E-state index in [0.717, 1.165) is 4.88 Å². The van der Waals surface area contributed by atoms with Crippen molar-refractivity contribution in [2.24, 2.45) is 0 Å². The summed E-state index contributed by atoms with van der Waals surface area (Å²) >= 11 is 1.24. The Bertz CT molecular complexity index is 346. The van der Waals surface area contributed by atoms with Crippen LogP contribution in [-0.4, -0.2) is 23.5 Å². The summed E-state index contributed by atoms with van der Waals surface area (Å²) in [6.07, 6.45) is 0.678. The first-order valence-corrected chi connectivity index (χ1v) is 4.97. The van der Waals surface area contributed by atoms with Gasteiger partial charge in [-0.05, 0) is 18.6 Å². The molecule has 4 nitrogen and oxygen atoms in total. The molecule has 0 aliphatic rings. The Morgan fingerprint density at radius 1 is 1.50 bits per heavy atom. The molecule has 0 saturated heterocycles. The van der Waals surface area contributed by atoms with Crippen molar-refractivity contribution in [2.75, 3.05) is 6.54 Å². The second-order valence-corrected chi connectivity index (χ2v) is 3.97. The van der Waals surface area contributed by atoms with E-state index in [-0.39, 0.29) is 5.91 Å². The van der Waals surface area contributed by atoms with Gasteiger partial charge < -0.3 is 10.4 Å². The van der Waals surface area contributed by atoms with E-state index in [9.17, 15) is 9.59 Å². The molecular formula is C9H11NO3S. The Morgan fingerprint density at radius 3 is 2.71 bits per heavy atom. The molecule has 5 heteroatoms. The van der Waals surface area contributed by atoms with Crippen molar-refractivity contribution in [1.82, 2.24) is 5.32 Å². The summed E-state index contributed by atoms with van der Waals surface area (Å²) in [6, 6.07) is 3.35. The van der Waals surface area contributed by atoms with Crippen LogP contribution in [0.15, 0.2) is 12.1 Å². The summed E-state index contributed by atoms with van der Waals surface area (Å²) in [5.74, 6) is -0.971. The Kier molecular flexibility index (Phi) is 3.64. The topological polar surface area (TPSA) is 66.4 Å². The predicted molar refractivity (Wildman–Crippen MR) is 53.7 cm³/mol. The van der Waals surface area contributed by atoms with Gasteiger partial charge in [0.25, 0.3) is 0 Å². The predicted octanol–water partition coefficient (Wildman–Crippen LogP) is 1.12. The second-order valence-electron chi connectivity index (χ2n) is 2.80. The van der Waals surface area contributed by atoms with Crippen molar-refractivity contribution in [3.8, 4) is 0 Å². The second kappa shape index (κ2) is 4.76. The Balaban J connectivity index is 2.44. The van der Waals surface area contributed by atoms with Gasteiger partial charge in [-0.2, -0.15) is 0 Å². The molecule has 0 atom stereocenters. The molecule has 0 bridgehead atoms. The van der Waals surface area contributed by atoms with Gasteiger partial charge in [-0.25, -0.2) is 4.79 Å². The summed E-state index contributed by atoms with van der Waals surface area (Å²) in [7, 11) is 0. The zero-order valence-corrected chi connectivity index (χ0v) is 8.56. The minimum atomic E-state index is -0.902. The van der Waals surface area contributed by atoms with E-state index in [1.165, 1.54) is 18.3 Å². The monoisotopic (exact) mass is 213 g/mol. The number of thiophene rings is 1. The van der Waals surface area contributed by atoms with Crippen molar-refractivity contribution in [3.63, 3.8) is 0 Å². The summed E-state index contributed by atoms with van der Waals surface area (Å²) in [5.41, 5.74) is 0. The average molecular weight is 213 g/mol. The highest BCUT2D eigenvalue weighted by Crippen LogP contribution is 2.16. The molecule has 0 unspecified atom stereocenters. The van der Waals surface area contributed by atoms with E-state index >= 15 is 0 Å². The Labute approximate surface area is 85.6 Å². The lowest BCUT2D eigenvalue weighted by atomic mass is 10.3. The minimum absolute atomic E-state index is 0.0694. The van der Waals surface area contributed by atoms with Gasteiger partial charge in [0.15, 0.2) is 0 Å². The fourth-order valence-corrected chi connectivity index (χ4v) is 1.84. The molecule has 1 heterocycles. The van der Waals surface area contributed by atoms with Crippen LogP contribution < -0.4 is 5.32 Å². The fourth-order valence-electron chi connectivity index (χ4n) is 0.989. The number of hydrogen-bond acceptors (Lipinski definition) is 3. The van der Waals surface area contributed by atoms with Gasteiger partial charge in [-0.3, -0.25) is 4.79 Å². The SMILES string of the molecule is CC(=O)NCCc1ccc(C(=O)O)s1. The third-order valence-electron chi connectivity index (χ3n) is 1.62. The van der Waals surface area contributed by atoms with Crippen molar-refractivity contribution < 1.29 is 14.7 Å². The summed E-state index contributed by atoms with van der Waals surface area (Å²) < 4.78 is 0. The van der Waals surface area contributed by atoms with Crippen LogP contribution in [0.2, 0.25) is 0 Å². The molecule has 14 heavy (non-hydrogen) atoms. The standard InChI is InChI=1S/C9H11NO3S/c1-6(11)10-5-4-7-2-3-8(14-7)9(12)13/h2-3H,4-5H2,1H3,(H,10,11)(H,12,13). The number of carbonyl (C=O) groups is 2. The molecule has 1 aromatic heterocycles. The van der Waals surface area contributed by atoms with E-state index in [4.69, 9.17) is 5.11 Å². The van der Waals surface area contributed by atoms with Crippen molar-refractivity contribution in [2.45, 2.75) is 13.3 Å². The van der Waals surface area contributed by atoms with Crippen LogP contribution in [0.1, 0.15) is 21.5 Å². The molecule has 0 aliphatic carbocycles. The van der Waals surface area contributed by atoms with E-state index in [2.05, 4.69) is 5.32 Å². The van der Waals surface area contributed by atoms with E-state index in [1.54, 1.807) is 12.1 Å². The van der Waals surface area contributed by atoms with Crippen LogP contribution in [0.3, 0.4) is 0 Å². The van der Waals surface area contributed by atoms with Crippen LogP contribution >= 0.6 is 11.3 Å². The number of nitrogens with one attached hydrogen (secondary N) is 1. The lowest BCUT2D eigenvalue weighted by molar-refractivity contribution is -0.118. The van der Waals surface area contributed by atoms with Gasteiger partial charge in [-0.15, -0.1) is 11.3 Å². The zero-order chi connectivity index (χ0) is 10.6. The smallest absolute Gasteiger partial charge is 0.345 e. The number of carbonyl (C=O) groups excluding carboxylic acids is 1. The first kappa shape index (κ1) is 10.7. The van der Waals surface area contributed by atoms with Crippen molar-refractivity contribution in [3.05, 3.63) is 21.9 Å². The maximum Gasteiger partial charge on any atom is 0.345 e. The molecule has 1 amide bonds. The Morgan fingerprint density at radius 2 is 2.21 bits per heavy atom. The van der Waals surface area contributed by atoms with Crippen molar-refractivity contribution >= 4 is 23.2 Å². The average Bonchev–Trinajstić information content (AvgIpc) is 2.52. The highest BCUT2D eigenvalue weighted by Gasteiger charge is 2.06. The lowest BCUT2D eigenvalue weighted by Crippen LogP contribution is -2.22. The van der Waals surface area contributed by atoms with Gasteiger partial charge in [0.2, 0.25) is 5.91 Å². The highest BCUT2D eigenvalue weighted by molar-refractivity contribution is 7.13. The van der Waals surface area contributed by atoms with E-state index in [0.29, 0.717) is 17.8 Å². The molecule has 1 rings (SSSR count). The largest absolute Gasteiger partial charge is 0.477 e. The van der Waals surface area contributed by atoms with Gasteiger partial charge in [0.05, 0.1) is 0 Å². The van der Waals surface area contributed by atoms with Crippen LogP contribution in [0.4, 0.5) is 0 Å². The van der Waals surface area contributed by atoms with E-state index in [1.807, 2.05) is 0 Å². The lowest BCUT2D eigenvalue weighted by Gasteiger charge is -1.98. The maximum atomic E-state index is 10.5. The number of aromatic carboxylic acids is 1. The molecule has 0 spiro atoms. The Hall–Kier alpha value is -1.36. The normalized spacial score (nSPS) is 9.79.